The summed E-state index contributed by atoms with van der Waals surface area (Å²) in [7, 11) is 0. The van der Waals surface area contributed by atoms with Gasteiger partial charge in [0.05, 0.1) is 21.9 Å². The Labute approximate surface area is 167 Å². The SMILES string of the molecule is O=C(c1ccc(-n2cccn2)cc1)N1CCCC[C@@H]1c1nc2ccccc2s1. The molecule has 0 unspecified atom stereocenters. The van der Waals surface area contributed by atoms with Crippen LogP contribution in [-0.2, 0) is 0 Å². The number of nitrogens with zero attached hydrogens (tertiary/aromatic N) is 4. The number of thiazole rings is 1. The molecule has 5 nitrogen and oxygen atoms in total. The topological polar surface area (TPSA) is 51.0 Å². The van der Waals surface area contributed by atoms with Crippen molar-refractivity contribution in [3.8, 4) is 5.69 Å². The average molecular weight is 388 g/mol. The highest BCUT2D eigenvalue weighted by molar-refractivity contribution is 7.18. The molecule has 4 aromatic rings. The molecule has 0 spiro atoms. The number of amides is 1. The smallest absolute Gasteiger partial charge is 0.254 e. The second kappa shape index (κ2) is 7.20. The van der Waals surface area contributed by atoms with Crippen molar-refractivity contribution in [2.75, 3.05) is 6.54 Å². The highest BCUT2D eigenvalue weighted by atomic mass is 32.1. The van der Waals surface area contributed by atoms with E-state index >= 15 is 0 Å². The monoisotopic (exact) mass is 388 g/mol. The number of benzene rings is 2. The Morgan fingerprint density at radius 1 is 1.04 bits per heavy atom. The number of para-hydroxylation sites is 1. The van der Waals surface area contributed by atoms with Crippen LogP contribution in [0.4, 0.5) is 0 Å². The summed E-state index contributed by atoms with van der Waals surface area (Å²) in [5.74, 6) is 0.0796. The molecule has 1 atom stereocenters. The van der Waals surface area contributed by atoms with Gasteiger partial charge < -0.3 is 4.90 Å². The largest absolute Gasteiger partial charge is 0.329 e. The first-order valence-electron chi connectivity index (χ1n) is 9.56. The van der Waals surface area contributed by atoms with E-state index in [0.29, 0.717) is 5.56 Å². The number of carbonyl (C=O) groups is 1. The van der Waals surface area contributed by atoms with Crippen molar-refractivity contribution in [2.24, 2.45) is 0 Å². The summed E-state index contributed by atoms with van der Waals surface area (Å²) in [5.41, 5.74) is 2.68. The molecule has 6 heteroatoms. The number of likely N-dealkylation sites (tertiary alicyclic amines) is 1. The third-order valence-corrected chi connectivity index (χ3v) is 6.38. The summed E-state index contributed by atoms with van der Waals surface area (Å²) in [4.78, 5) is 20.1. The second-order valence-electron chi connectivity index (χ2n) is 7.03. The highest BCUT2D eigenvalue weighted by Crippen LogP contribution is 2.36. The average Bonchev–Trinajstić information content (AvgIpc) is 3.43. The van der Waals surface area contributed by atoms with Crippen LogP contribution in [-0.4, -0.2) is 32.1 Å². The zero-order chi connectivity index (χ0) is 18.9. The molecular formula is C22H20N4OS. The van der Waals surface area contributed by atoms with Crippen LogP contribution < -0.4 is 0 Å². The van der Waals surface area contributed by atoms with Gasteiger partial charge in [-0.2, -0.15) is 5.10 Å². The zero-order valence-electron chi connectivity index (χ0n) is 15.4. The van der Waals surface area contributed by atoms with Gasteiger partial charge in [0.1, 0.15) is 5.01 Å². The van der Waals surface area contributed by atoms with Crippen molar-refractivity contribution in [1.82, 2.24) is 19.7 Å². The molecule has 5 rings (SSSR count). The molecule has 3 heterocycles. The Hall–Kier alpha value is -2.99. The van der Waals surface area contributed by atoms with E-state index in [4.69, 9.17) is 4.98 Å². The molecule has 1 aliphatic rings. The molecule has 1 amide bonds. The summed E-state index contributed by atoms with van der Waals surface area (Å²) in [6.07, 6.45) is 6.78. The van der Waals surface area contributed by atoms with Gasteiger partial charge in [-0.25, -0.2) is 9.67 Å². The van der Waals surface area contributed by atoms with E-state index in [1.165, 1.54) is 4.70 Å². The second-order valence-corrected chi connectivity index (χ2v) is 8.09. The number of carbonyl (C=O) groups excluding carboxylic acids is 1. The summed E-state index contributed by atoms with van der Waals surface area (Å²) in [5, 5.41) is 5.28. The molecule has 0 aliphatic carbocycles. The first kappa shape index (κ1) is 17.1. The van der Waals surface area contributed by atoms with Crippen molar-refractivity contribution in [1.29, 1.82) is 0 Å². The van der Waals surface area contributed by atoms with Gasteiger partial charge >= 0.3 is 0 Å². The van der Waals surface area contributed by atoms with E-state index in [1.54, 1.807) is 22.2 Å². The van der Waals surface area contributed by atoms with E-state index < -0.39 is 0 Å². The number of rotatable bonds is 3. The molecule has 1 fully saturated rings. The van der Waals surface area contributed by atoms with Gasteiger partial charge in [-0.3, -0.25) is 4.79 Å². The fraction of sp³-hybridized carbons (Fsp3) is 0.227. The summed E-state index contributed by atoms with van der Waals surface area (Å²) >= 11 is 1.70. The van der Waals surface area contributed by atoms with Crippen molar-refractivity contribution >= 4 is 27.5 Å². The lowest BCUT2D eigenvalue weighted by Crippen LogP contribution is -2.38. The van der Waals surface area contributed by atoms with E-state index in [2.05, 4.69) is 11.2 Å². The Morgan fingerprint density at radius 3 is 2.68 bits per heavy atom. The maximum atomic E-state index is 13.3. The Morgan fingerprint density at radius 2 is 1.89 bits per heavy atom. The molecule has 2 aromatic heterocycles. The molecule has 0 N–H and O–H groups in total. The third kappa shape index (κ3) is 3.10. The third-order valence-electron chi connectivity index (χ3n) is 5.24. The van der Waals surface area contributed by atoms with Crippen molar-refractivity contribution < 1.29 is 4.79 Å². The van der Waals surface area contributed by atoms with Crippen LogP contribution in [0.3, 0.4) is 0 Å². The minimum absolute atomic E-state index is 0.0597. The van der Waals surface area contributed by atoms with Crippen LogP contribution >= 0.6 is 11.3 Å². The lowest BCUT2D eigenvalue weighted by Gasteiger charge is -2.34. The fourth-order valence-corrected chi connectivity index (χ4v) is 4.92. The lowest BCUT2D eigenvalue weighted by atomic mass is 10.0. The quantitative estimate of drug-likeness (QED) is 0.504. The molecule has 140 valence electrons. The first-order valence-corrected chi connectivity index (χ1v) is 10.4. The fourth-order valence-electron chi connectivity index (χ4n) is 3.81. The van der Waals surface area contributed by atoms with Gasteiger partial charge in [-0.05, 0) is 61.7 Å². The Balaban J connectivity index is 1.43. The molecule has 0 radical (unpaired) electrons. The molecule has 1 saturated heterocycles. The van der Waals surface area contributed by atoms with Gasteiger partial charge in [0.25, 0.3) is 5.91 Å². The lowest BCUT2D eigenvalue weighted by molar-refractivity contribution is 0.0611. The summed E-state index contributed by atoms with van der Waals surface area (Å²) in [6, 6.07) is 17.8. The van der Waals surface area contributed by atoms with Crippen LogP contribution in [0.15, 0.2) is 67.0 Å². The van der Waals surface area contributed by atoms with E-state index in [9.17, 15) is 4.79 Å². The van der Waals surface area contributed by atoms with Crippen LogP contribution in [0.25, 0.3) is 15.9 Å². The van der Waals surface area contributed by atoms with Gasteiger partial charge in [-0.15, -0.1) is 11.3 Å². The molecule has 0 saturated carbocycles. The van der Waals surface area contributed by atoms with E-state index in [-0.39, 0.29) is 11.9 Å². The highest BCUT2D eigenvalue weighted by Gasteiger charge is 2.30. The summed E-state index contributed by atoms with van der Waals surface area (Å²) in [6.45, 7) is 0.778. The Kier molecular flexibility index (Phi) is 4.41. The molecule has 28 heavy (non-hydrogen) atoms. The Bertz CT molecular complexity index is 1070. The molecule has 0 bridgehead atoms. The predicted octanol–water partition coefficient (Wildman–Crippen LogP) is 4.85. The molecule has 2 aromatic carbocycles. The summed E-state index contributed by atoms with van der Waals surface area (Å²) < 4.78 is 2.97. The minimum atomic E-state index is 0.0597. The minimum Gasteiger partial charge on any atom is -0.329 e. The van der Waals surface area contributed by atoms with Crippen molar-refractivity contribution in [2.45, 2.75) is 25.3 Å². The van der Waals surface area contributed by atoms with Gasteiger partial charge in [0, 0.05) is 24.5 Å². The first-order chi connectivity index (χ1) is 13.8. The van der Waals surface area contributed by atoms with Gasteiger partial charge in [-0.1, -0.05) is 12.1 Å². The van der Waals surface area contributed by atoms with Crippen LogP contribution in [0.1, 0.15) is 40.7 Å². The van der Waals surface area contributed by atoms with Crippen LogP contribution in [0, 0.1) is 0 Å². The predicted molar refractivity (Wildman–Crippen MR) is 111 cm³/mol. The van der Waals surface area contributed by atoms with E-state index in [1.807, 2.05) is 59.6 Å². The maximum Gasteiger partial charge on any atom is 0.254 e. The number of piperidine rings is 1. The van der Waals surface area contributed by atoms with Crippen molar-refractivity contribution in [3.05, 3.63) is 77.6 Å². The number of aromatic nitrogens is 3. The number of hydrogen-bond acceptors (Lipinski definition) is 4. The van der Waals surface area contributed by atoms with Crippen LogP contribution in [0.2, 0.25) is 0 Å². The number of fused-ring (bicyclic) bond motifs is 1. The normalized spacial score (nSPS) is 17.1. The van der Waals surface area contributed by atoms with Crippen molar-refractivity contribution in [3.63, 3.8) is 0 Å². The number of hydrogen-bond donors (Lipinski definition) is 0. The molecule has 1 aliphatic heterocycles. The van der Waals surface area contributed by atoms with Crippen LogP contribution in [0.5, 0.6) is 0 Å². The zero-order valence-corrected chi connectivity index (χ0v) is 16.2. The van der Waals surface area contributed by atoms with E-state index in [0.717, 1.165) is 42.0 Å². The van der Waals surface area contributed by atoms with Gasteiger partial charge in [0.2, 0.25) is 0 Å². The molecular weight excluding hydrogens is 368 g/mol. The van der Waals surface area contributed by atoms with Gasteiger partial charge in [0.15, 0.2) is 0 Å². The maximum absolute atomic E-state index is 13.3. The standard InChI is InChI=1S/C22H20N4OS/c27-22(16-9-11-17(12-10-16)26-15-5-13-23-26)25-14-4-3-7-19(25)21-24-18-6-1-2-8-20(18)28-21/h1-2,5-6,8-13,15,19H,3-4,7,14H2/t19-/m1/s1.